The van der Waals surface area contributed by atoms with Gasteiger partial charge in [0.25, 0.3) is 0 Å². The van der Waals surface area contributed by atoms with Crippen LogP contribution in [0.5, 0.6) is 11.5 Å². The molecule has 0 aliphatic heterocycles. The summed E-state index contributed by atoms with van der Waals surface area (Å²) in [5, 5.41) is 0.242. The van der Waals surface area contributed by atoms with E-state index in [1.54, 1.807) is 18.3 Å². The molecule has 100 valence electrons. The highest BCUT2D eigenvalue weighted by molar-refractivity contribution is 6.32. The molecule has 0 saturated heterocycles. The summed E-state index contributed by atoms with van der Waals surface area (Å²) in [5.41, 5.74) is 0.988. The third-order valence-electron chi connectivity index (χ3n) is 2.55. The Morgan fingerprint density at radius 1 is 1.26 bits per heavy atom. The van der Waals surface area contributed by atoms with Crippen LogP contribution in [-0.2, 0) is 6.42 Å². The first kappa shape index (κ1) is 13.8. The van der Waals surface area contributed by atoms with Crippen LogP contribution in [0.4, 0.5) is 4.39 Å². The summed E-state index contributed by atoms with van der Waals surface area (Å²) < 4.78 is 19.0. The van der Waals surface area contributed by atoms with Crippen LogP contribution in [0.1, 0.15) is 19.5 Å². The highest BCUT2D eigenvalue weighted by Crippen LogP contribution is 2.31. The molecule has 0 aliphatic rings. The molecule has 0 spiro atoms. The fraction of sp³-hybridized carbons (Fsp3) is 0.267. The molecule has 4 heteroatoms. The van der Waals surface area contributed by atoms with E-state index in [-0.39, 0.29) is 10.8 Å². The molecule has 1 aromatic heterocycles. The van der Waals surface area contributed by atoms with Gasteiger partial charge < -0.3 is 4.74 Å². The van der Waals surface area contributed by atoms with E-state index in [1.165, 1.54) is 12.1 Å². The number of para-hydroxylation sites is 1. The molecule has 1 heterocycles. The molecule has 1 aromatic carbocycles. The van der Waals surface area contributed by atoms with Crippen LogP contribution in [0.3, 0.4) is 0 Å². The van der Waals surface area contributed by atoms with Crippen molar-refractivity contribution in [1.29, 1.82) is 0 Å². The zero-order valence-corrected chi connectivity index (χ0v) is 11.6. The van der Waals surface area contributed by atoms with Crippen LogP contribution in [-0.4, -0.2) is 4.98 Å². The lowest BCUT2D eigenvalue weighted by Crippen LogP contribution is -1.97. The molecule has 0 aliphatic carbocycles. The smallest absolute Gasteiger partial charge is 0.181 e. The van der Waals surface area contributed by atoms with Gasteiger partial charge in [-0.05, 0) is 36.6 Å². The van der Waals surface area contributed by atoms with Gasteiger partial charge in [0.15, 0.2) is 11.6 Å². The number of halogens is 2. The van der Waals surface area contributed by atoms with E-state index in [0.29, 0.717) is 11.7 Å². The zero-order chi connectivity index (χ0) is 13.8. The van der Waals surface area contributed by atoms with E-state index in [1.807, 2.05) is 6.07 Å². The molecule has 2 nitrogen and oxygen atoms in total. The number of ether oxygens (including phenoxy) is 1. The van der Waals surface area contributed by atoms with Gasteiger partial charge in [0.05, 0.1) is 11.2 Å². The number of aromatic nitrogens is 1. The number of pyridine rings is 1. The largest absolute Gasteiger partial charge is 0.451 e. The Kier molecular flexibility index (Phi) is 4.38. The highest BCUT2D eigenvalue weighted by Gasteiger charge is 2.09. The van der Waals surface area contributed by atoms with E-state index < -0.39 is 5.82 Å². The van der Waals surface area contributed by atoms with Crippen molar-refractivity contribution >= 4 is 11.6 Å². The Morgan fingerprint density at radius 2 is 2.05 bits per heavy atom. The maximum atomic E-state index is 13.6. The molecule has 2 aromatic rings. The molecule has 19 heavy (non-hydrogen) atoms. The molecule has 0 bridgehead atoms. The van der Waals surface area contributed by atoms with Crippen molar-refractivity contribution in [3.05, 3.63) is 53.1 Å². The van der Waals surface area contributed by atoms with Gasteiger partial charge in [-0.15, -0.1) is 0 Å². The van der Waals surface area contributed by atoms with Gasteiger partial charge >= 0.3 is 0 Å². The van der Waals surface area contributed by atoms with E-state index in [9.17, 15) is 4.39 Å². The third kappa shape index (κ3) is 3.67. The molecule has 0 saturated carbocycles. The SMILES string of the molecule is CC(C)Cc1ccc(Oc2c(F)cccc2Cl)cn1. The average molecular weight is 280 g/mol. The summed E-state index contributed by atoms with van der Waals surface area (Å²) in [7, 11) is 0. The van der Waals surface area contributed by atoms with Crippen LogP contribution in [0.2, 0.25) is 5.02 Å². The van der Waals surface area contributed by atoms with Crippen LogP contribution in [0.15, 0.2) is 36.5 Å². The molecule has 0 radical (unpaired) electrons. The van der Waals surface area contributed by atoms with Crippen molar-refractivity contribution in [3.63, 3.8) is 0 Å². The van der Waals surface area contributed by atoms with Gasteiger partial charge in [-0.1, -0.05) is 31.5 Å². The first-order chi connectivity index (χ1) is 9.06. The Morgan fingerprint density at radius 3 is 2.63 bits per heavy atom. The molecule has 0 amide bonds. The first-order valence-electron chi connectivity index (χ1n) is 6.13. The summed E-state index contributed by atoms with van der Waals surface area (Å²) in [6, 6.07) is 8.08. The Bertz CT molecular complexity index is 534. The van der Waals surface area contributed by atoms with Crippen molar-refractivity contribution in [2.24, 2.45) is 5.92 Å². The van der Waals surface area contributed by atoms with E-state index in [4.69, 9.17) is 16.3 Å². The van der Waals surface area contributed by atoms with Crippen molar-refractivity contribution in [2.45, 2.75) is 20.3 Å². The second-order valence-electron chi connectivity index (χ2n) is 4.74. The van der Waals surface area contributed by atoms with E-state index in [0.717, 1.165) is 12.1 Å². The van der Waals surface area contributed by atoms with Gasteiger partial charge in [-0.3, -0.25) is 4.98 Å². The number of hydrogen-bond donors (Lipinski definition) is 0. The summed E-state index contributed by atoms with van der Waals surface area (Å²) >= 11 is 5.89. The predicted molar refractivity (Wildman–Crippen MR) is 74.3 cm³/mol. The number of rotatable bonds is 4. The number of hydrogen-bond acceptors (Lipinski definition) is 2. The monoisotopic (exact) mass is 279 g/mol. The van der Waals surface area contributed by atoms with Gasteiger partial charge in [-0.2, -0.15) is 0 Å². The molecule has 0 unspecified atom stereocenters. The van der Waals surface area contributed by atoms with Crippen LogP contribution < -0.4 is 4.74 Å². The Balaban J connectivity index is 2.15. The predicted octanol–water partition coefficient (Wildman–Crippen LogP) is 4.86. The topological polar surface area (TPSA) is 22.1 Å². The highest BCUT2D eigenvalue weighted by atomic mass is 35.5. The molecule has 2 rings (SSSR count). The second kappa shape index (κ2) is 6.02. The third-order valence-corrected chi connectivity index (χ3v) is 2.85. The molecular weight excluding hydrogens is 265 g/mol. The second-order valence-corrected chi connectivity index (χ2v) is 5.14. The van der Waals surface area contributed by atoms with Crippen molar-refractivity contribution < 1.29 is 9.13 Å². The summed E-state index contributed by atoms with van der Waals surface area (Å²) in [6.07, 6.45) is 2.49. The Hall–Kier alpha value is -1.61. The van der Waals surface area contributed by atoms with Gasteiger partial charge in [0.2, 0.25) is 0 Å². The summed E-state index contributed by atoms with van der Waals surface area (Å²) in [5.74, 6) is 0.557. The standard InChI is InChI=1S/C15H15ClFNO/c1-10(2)8-11-6-7-12(9-18-11)19-15-13(16)4-3-5-14(15)17/h3-7,9-10H,8H2,1-2H3. The van der Waals surface area contributed by atoms with Crippen LogP contribution >= 0.6 is 11.6 Å². The lowest BCUT2D eigenvalue weighted by molar-refractivity contribution is 0.440. The minimum Gasteiger partial charge on any atom is -0.451 e. The fourth-order valence-electron chi connectivity index (χ4n) is 1.71. The molecule has 0 N–H and O–H groups in total. The minimum absolute atomic E-state index is 0.0302. The molecule has 0 fully saturated rings. The van der Waals surface area contributed by atoms with Crippen molar-refractivity contribution in [1.82, 2.24) is 4.98 Å². The minimum atomic E-state index is -0.487. The zero-order valence-electron chi connectivity index (χ0n) is 10.9. The Labute approximate surface area is 117 Å². The summed E-state index contributed by atoms with van der Waals surface area (Å²) in [4.78, 5) is 4.28. The number of benzene rings is 1. The maximum absolute atomic E-state index is 13.6. The van der Waals surface area contributed by atoms with Gasteiger partial charge in [-0.25, -0.2) is 4.39 Å². The first-order valence-corrected chi connectivity index (χ1v) is 6.51. The fourth-order valence-corrected chi connectivity index (χ4v) is 1.91. The van der Waals surface area contributed by atoms with Crippen molar-refractivity contribution in [2.75, 3.05) is 0 Å². The maximum Gasteiger partial charge on any atom is 0.181 e. The van der Waals surface area contributed by atoms with Crippen LogP contribution in [0, 0.1) is 11.7 Å². The van der Waals surface area contributed by atoms with Crippen molar-refractivity contribution in [3.8, 4) is 11.5 Å². The molecule has 0 atom stereocenters. The normalized spacial score (nSPS) is 10.8. The lowest BCUT2D eigenvalue weighted by atomic mass is 10.1. The van der Waals surface area contributed by atoms with E-state index >= 15 is 0 Å². The summed E-state index contributed by atoms with van der Waals surface area (Å²) in [6.45, 7) is 4.26. The quantitative estimate of drug-likeness (QED) is 0.797. The van der Waals surface area contributed by atoms with Gasteiger partial charge in [0.1, 0.15) is 5.75 Å². The lowest BCUT2D eigenvalue weighted by Gasteiger charge is -2.09. The van der Waals surface area contributed by atoms with Crippen LogP contribution in [0.25, 0.3) is 0 Å². The van der Waals surface area contributed by atoms with E-state index in [2.05, 4.69) is 18.8 Å². The van der Waals surface area contributed by atoms with Gasteiger partial charge in [0, 0.05) is 5.69 Å². The number of nitrogens with zero attached hydrogens (tertiary/aromatic N) is 1. The molecular formula is C15H15ClFNO. The average Bonchev–Trinajstić information content (AvgIpc) is 2.35.